The number of alkyl halides is 6. The highest BCUT2D eigenvalue weighted by atomic mass is 79.9. The average molecular weight is 503 g/mol. The number of benzene rings is 1. The summed E-state index contributed by atoms with van der Waals surface area (Å²) in [5.74, 6) is -0.238. The molecule has 0 aliphatic carbocycles. The standard InChI is InChI=1S/C11H4BrCl6N3S/c12-5-2-1-3-6(4-5)22-9-20-7(10(13,14)15)19-8(21-9)11(16,17)18/h1-4H. The van der Waals surface area contributed by atoms with E-state index in [-0.39, 0.29) is 16.8 Å². The number of nitrogens with zero attached hydrogens (tertiary/aromatic N) is 3. The molecule has 0 saturated carbocycles. The lowest BCUT2D eigenvalue weighted by Gasteiger charge is -2.15. The average Bonchev–Trinajstić information content (AvgIpc) is 2.36. The van der Waals surface area contributed by atoms with Crippen LogP contribution in [0.4, 0.5) is 0 Å². The molecule has 0 saturated heterocycles. The van der Waals surface area contributed by atoms with Crippen molar-refractivity contribution in [2.45, 2.75) is 17.6 Å². The van der Waals surface area contributed by atoms with E-state index in [0.29, 0.717) is 0 Å². The third kappa shape index (κ3) is 5.42. The van der Waals surface area contributed by atoms with Gasteiger partial charge in [-0.25, -0.2) is 15.0 Å². The Morgan fingerprint density at radius 3 is 1.86 bits per heavy atom. The maximum absolute atomic E-state index is 5.81. The number of hydrogen-bond acceptors (Lipinski definition) is 4. The van der Waals surface area contributed by atoms with Crippen LogP contribution in [0.25, 0.3) is 0 Å². The Hall–Kier alpha value is 0.800. The van der Waals surface area contributed by atoms with Crippen LogP contribution in [0.3, 0.4) is 0 Å². The van der Waals surface area contributed by atoms with Gasteiger partial charge in [0, 0.05) is 9.37 Å². The maximum atomic E-state index is 5.81. The van der Waals surface area contributed by atoms with Gasteiger partial charge in [0.2, 0.25) is 7.59 Å². The van der Waals surface area contributed by atoms with Crippen LogP contribution in [0.5, 0.6) is 0 Å². The zero-order chi connectivity index (χ0) is 16.5. The van der Waals surface area contributed by atoms with Gasteiger partial charge >= 0.3 is 0 Å². The second-order valence-electron chi connectivity index (χ2n) is 3.82. The molecular formula is C11H4BrCl6N3S. The molecule has 11 heteroatoms. The van der Waals surface area contributed by atoms with Crippen LogP contribution in [0.1, 0.15) is 11.6 Å². The molecule has 1 heterocycles. The van der Waals surface area contributed by atoms with Crippen LogP contribution in [-0.4, -0.2) is 15.0 Å². The van der Waals surface area contributed by atoms with Gasteiger partial charge in [-0.15, -0.1) is 0 Å². The Balaban J connectivity index is 2.46. The molecule has 22 heavy (non-hydrogen) atoms. The largest absolute Gasteiger partial charge is 0.250 e. The summed E-state index contributed by atoms with van der Waals surface area (Å²) in [6.45, 7) is 0. The first kappa shape index (κ1) is 19.1. The molecule has 0 unspecified atom stereocenters. The van der Waals surface area contributed by atoms with Gasteiger partial charge in [0.1, 0.15) is 0 Å². The number of aromatic nitrogens is 3. The highest BCUT2D eigenvalue weighted by molar-refractivity contribution is 9.10. The fraction of sp³-hybridized carbons (Fsp3) is 0.182. The topological polar surface area (TPSA) is 38.7 Å². The molecule has 2 rings (SSSR count). The molecule has 0 fully saturated rings. The van der Waals surface area contributed by atoms with E-state index in [4.69, 9.17) is 69.6 Å². The summed E-state index contributed by atoms with van der Waals surface area (Å²) in [6.07, 6.45) is 0. The minimum Gasteiger partial charge on any atom is -0.209 e. The molecule has 1 aromatic carbocycles. The lowest BCUT2D eigenvalue weighted by molar-refractivity contribution is 0.768. The smallest absolute Gasteiger partial charge is 0.209 e. The van der Waals surface area contributed by atoms with Crippen molar-refractivity contribution in [3.8, 4) is 0 Å². The molecule has 0 spiro atoms. The van der Waals surface area contributed by atoms with E-state index in [0.717, 1.165) is 9.37 Å². The number of rotatable bonds is 2. The van der Waals surface area contributed by atoms with E-state index in [2.05, 4.69) is 30.9 Å². The van der Waals surface area contributed by atoms with Crippen molar-refractivity contribution in [3.63, 3.8) is 0 Å². The zero-order valence-corrected chi connectivity index (χ0v) is 17.1. The lowest BCUT2D eigenvalue weighted by atomic mass is 10.4. The summed E-state index contributed by atoms with van der Waals surface area (Å²) < 4.78 is -2.82. The SMILES string of the molecule is ClC(Cl)(Cl)c1nc(Sc2cccc(Br)c2)nc(C(Cl)(Cl)Cl)n1. The van der Waals surface area contributed by atoms with Crippen LogP contribution >= 0.6 is 97.3 Å². The third-order valence-electron chi connectivity index (χ3n) is 2.13. The van der Waals surface area contributed by atoms with E-state index in [9.17, 15) is 0 Å². The number of hydrogen-bond donors (Lipinski definition) is 0. The lowest BCUT2D eigenvalue weighted by Crippen LogP contribution is -2.16. The molecule has 2 aromatic rings. The second-order valence-corrected chi connectivity index (χ2v) is 10.3. The summed E-state index contributed by atoms with van der Waals surface area (Å²) in [4.78, 5) is 12.9. The summed E-state index contributed by atoms with van der Waals surface area (Å²) in [6, 6.07) is 7.48. The molecule has 3 nitrogen and oxygen atoms in total. The molecule has 0 radical (unpaired) electrons. The Morgan fingerprint density at radius 1 is 0.864 bits per heavy atom. The van der Waals surface area contributed by atoms with Crippen molar-refractivity contribution >= 4 is 97.3 Å². The molecule has 1 aromatic heterocycles. The molecule has 0 aliphatic heterocycles. The third-order valence-corrected chi connectivity index (χ3v) is 4.49. The minimum atomic E-state index is -1.86. The molecule has 118 valence electrons. The van der Waals surface area contributed by atoms with Gasteiger partial charge in [0.15, 0.2) is 16.8 Å². The summed E-state index contributed by atoms with van der Waals surface area (Å²) in [7, 11) is 0. The monoisotopic (exact) mass is 499 g/mol. The van der Waals surface area contributed by atoms with Gasteiger partial charge in [-0.3, -0.25) is 0 Å². The van der Waals surface area contributed by atoms with Crippen LogP contribution in [-0.2, 0) is 7.59 Å². The van der Waals surface area contributed by atoms with E-state index in [1.54, 1.807) is 0 Å². The van der Waals surface area contributed by atoms with Gasteiger partial charge in [0.05, 0.1) is 0 Å². The van der Waals surface area contributed by atoms with Crippen LogP contribution in [0.15, 0.2) is 38.8 Å². The first-order chi connectivity index (χ1) is 10.1. The molecule has 0 bridgehead atoms. The maximum Gasteiger partial charge on any atom is 0.250 e. The van der Waals surface area contributed by atoms with Crippen LogP contribution < -0.4 is 0 Å². The summed E-state index contributed by atoms with van der Waals surface area (Å²) in [5, 5.41) is 0.246. The summed E-state index contributed by atoms with van der Waals surface area (Å²) in [5.41, 5.74) is 0. The van der Waals surface area contributed by atoms with Crippen LogP contribution in [0, 0.1) is 0 Å². The van der Waals surface area contributed by atoms with Gasteiger partial charge in [-0.05, 0) is 30.0 Å². The first-order valence-electron chi connectivity index (χ1n) is 5.39. The molecule has 0 amide bonds. The van der Waals surface area contributed by atoms with Crippen molar-refractivity contribution in [2.75, 3.05) is 0 Å². The Morgan fingerprint density at radius 2 is 1.41 bits per heavy atom. The molecule has 0 aliphatic rings. The predicted octanol–water partition coefficient (Wildman–Crippen LogP) is 6.44. The highest BCUT2D eigenvalue weighted by Gasteiger charge is 2.33. The van der Waals surface area contributed by atoms with Gasteiger partial charge < -0.3 is 0 Å². The van der Waals surface area contributed by atoms with E-state index < -0.39 is 7.59 Å². The molecule has 0 N–H and O–H groups in total. The molecular weight excluding hydrogens is 499 g/mol. The Labute approximate surface area is 169 Å². The van der Waals surface area contributed by atoms with Crippen molar-refractivity contribution in [1.29, 1.82) is 0 Å². The van der Waals surface area contributed by atoms with E-state index in [1.807, 2.05) is 24.3 Å². The van der Waals surface area contributed by atoms with Crippen molar-refractivity contribution in [3.05, 3.63) is 40.4 Å². The summed E-state index contributed by atoms with van der Waals surface area (Å²) >= 11 is 39.5. The van der Waals surface area contributed by atoms with Crippen molar-refractivity contribution in [1.82, 2.24) is 15.0 Å². The molecule has 0 atom stereocenters. The Kier molecular flexibility index (Phi) is 6.40. The van der Waals surface area contributed by atoms with Gasteiger partial charge in [0.25, 0.3) is 0 Å². The van der Waals surface area contributed by atoms with Gasteiger partial charge in [-0.2, -0.15) is 0 Å². The highest BCUT2D eigenvalue weighted by Crippen LogP contribution is 2.41. The Bertz CT molecular complexity index is 656. The quantitative estimate of drug-likeness (QED) is 0.443. The zero-order valence-electron chi connectivity index (χ0n) is 10.2. The van der Waals surface area contributed by atoms with Crippen LogP contribution in [0.2, 0.25) is 0 Å². The normalized spacial score (nSPS) is 12.5. The van der Waals surface area contributed by atoms with Crippen molar-refractivity contribution in [2.24, 2.45) is 0 Å². The van der Waals surface area contributed by atoms with E-state index in [1.165, 1.54) is 11.8 Å². The fourth-order valence-electron chi connectivity index (χ4n) is 1.29. The number of halogens is 7. The second kappa shape index (κ2) is 7.36. The van der Waals surface area contributed by atoms with Gasteiger partial charge in [-0.1, -0.05) is 91.6 Å². The van der Waals surface area contributed by atoms with Crippen molar-refractivity contribution < 1.29 is 0 Å². The fourth-order valence-corrected chi connectivity index (χ4v) is 3.16. The van der Waals surface area contributed by atoms with E-state index >= 15 is 0 Å². The predicted molar refractivity (Wildman–Crippen MR) is 96.6 cm³/mol. The first-order valence-corrected chi connectivity index (χ1v) is 9.27. The minimum absolute atomic E-state index is 0.119.